The van der Waals surface area contributed by atoms with Crippen LogP contribution in [0.3, 0.4) is 0 Å². The molecule has 0 fully saturated rings. The number of aryl methyl sites for hydroxylation is 1. The number of hydrogen-bond donors (Lipinski definition) is 1. The fourth-order valence-corrected chi connectivity index (χ4v) is 2.42. The Morgan fingerprint density at radius 2 is 1.75 bits per heavy atom. The maximum absolute atomic E-state index is 4.74. The van der Waals surface area contributed by atoms with Crippen LogP contribution in [0.5, 0.6) is 0 Å². The standard InChI is InChI=1S/C17H25N3/c1-12(2)18-11-17(16-9-7-6-8-10-16)20-15(5)13(3)14(4)19-20/h6-10,12,17-18H,11H2,1-5H3. The lowest BCUT2D eigenvalue weighted by molar-refractivity contribution is 0.447. The molecular formula is C17H25N3. The number of rotatable bonds is 5. The minimum Gasteiger partial charge on any atom is -0.312 e. The maximum Gasteiger partial charge on any atom is 0.0896 e. The summed E-state index contributed by atoms with van der Waals surface area (Å²) in [6, 6.07) is 11.3. The molecule has 1 aromatic heterocycles. The number of benzene rings is 1. The van der Waals surface area contributed by atoms with Crippen molar-refractivity contribution in [3.63, 3.8) is 0 Å². The molecular weight excluding hydrogens is 246 g/mol. The van der Waals surface area contributed by atoms with Crippen LogP contribution in [0.2, 0.25) is 0 Å². The highest BCUT2D eigenvalue weighted by Crippen LogP contribution is 2.22. The van der Waals surface area contributed by atoms with Crippen LogP contribution >= 0.6 is 0 Å². The van der Waals surface area contributed by atoms with Crippen molar-refractivity contribution in [1.29, 1.82) is 0 Å². The predicted molar refractivity (Wildman–Crippen MR) is 84.2 cm³/mol. The number of nitrogens with one attached hydrogen (secondary N) is 1. The van der Waals surface area contributed by atoms with Crippen molar-refractivity contribution in [3.8, 4) is 0 Å². The van der Waals surface area contributed by atoms with Gasteiger partial charge in [0.05, 0.1) is 11.7 Å². The van der Waals surface area contributed by atoms with Gasteiger partial charge in [0.25, 0.3) is 0 Å². The van der Waals surface area contributed by atoms with Crippen molar-refractivity contribution in [3.05, 3.63) is 52.8 Å². The Morgan fingerprint density at radius 3 is 2.25 bits per heavy atom. The monoisotopic (exact) mass is 271 g/mol. The minimum atomic E-state index is 0.242. The van der Waals surface area contributed by atoms with Crippen LogP contribution in [-0.4, -0.2) is 22.4 Å². The Hall–Kier alpha value is -1.61. The first-order chi connectivity index (χ1) is 9.50. The topological polar surface area (TPSA) is 29.9 Å². The van der Waals surface area contributed by atoms with Crippen molar-refractivity contribution in [2.24, 2.45) is 0 Å². The van der Waals surface area contributed by atoms with E-state index in [1.807, 2.05) is 0 Å². The van der Waals surface area contributed by atoms with Gasteiger partial charge in [-0.25, -0.2) is 0 Å². The summed E-state index contributed by atoms with van der Waals surface area (Å²) in [6.45, 7) is 11.6. The molecule has 3 nitrogen and oxygen atoms in total. The van der Waals surface area contributed by atoms with Crippen molar-refractivity contribution < 1.29 is 0 Å². The zero-order valence-corrected chi connectivity index (χ0v) is 13.1. The third-order valence-corrected chi connectivity index (χ3v) is 3.89. The third kappa shape index (κ3) is 3.10. The molecule has 0 saturated carbocycles. The summed E-state index contributed by atoms with van der Waals surface area (Å²) in [4.78, 5) is 0. The van der Waals surface area contributed by atoms with Crippen molar-refractivity contribution in [1.82, 2.24) is 15.1 Å². The second kappa shape index (κ2) is 6.23. The normalized spacial score (nSPS) is 12.9. The van der Waals surface area contributed by atoms with Crippen LogP contribution in [0.1, 0.15) is 42.4 Å². The molecule has 108 valence electrons. The fraction of sp³-hybridized carbons (Fsp3) is 0.471. The molecule has 1 heterocycles. The second-order valence-corrected chi connectivity index (χ2v) is 5.73. The van der Waals surface area contributed by atoms with Crippen LogP contribution in [0.15, 0.2) is 30.3 Å². The zero-order chi connectivity index (χ0) is 14.7. The van der Waals surface area contributed by atoms with Gasteiger partial charge in [-0.1, -0.05) is 44.2 Å². The van der Waals surface area contributed by atoms with Gasteiger partial charge in [-0.2, -0.15) is 5.10 Å². The Balaban J connectivity index is 2.38. The summed E-state index contributed by atoms with van der Waals surface area (Å²) < 4.78 is 2.16. The number of hydrogen-bond acceptors (Lipinski definition) is 2. The first-order valence-corrected chi connectivity index (χ1v) is 7.31. The van der Waals surface area contributed by atoms with Gasteiger partial charge in [-0.3, -0.25) is 4.68 Å². The molecule has 20 heavy (non-hydrogen) atoms. The van der Waals surface area contributed by atoms with Crippen LogP contribution in [0.25, 0.3) is 0 Å². The summed E-state index contributed by atoms with van der Waals surface area (Å²) in [7, 11) is 0. The molecule has 1 aromatic carbocycles. The smallest absolute Gasteiger partial charge is 0.0896 e. The molecule has 0 aliphatic rings. The fourth-order valence-electron chi connectivity index (χ4n) is 2.42. The van der Waals surface area contributed by atoms with Crippen molar-refractivity contribution >= 4 is 0 Å². The van der Waals surface area contributed by atoms with Crippen LogP contribution < -0.4 is 5.32 Å². The van der Waals surface area contributed by atoms with Gasteiger partial charge in [0.2, 0.25) is 0 Å². The van der Waals surface area contributed by atoms with E-state index in [1.54, 1.807) is 0 Å². The Labute approximate surface area is 122 Å². The molecule has 0 aliphatic heterocycles. The van der Waals surface area contributed by atoms with Gasteiger partial charge in [0, 0.05) is 18.3 Å². The number of aromatic nitrogens is 2. The summed E-state index contributed by atoms with van der Waals surface area (Å²) in [6.07, 6.45) is 0. The molecule has 2 rings (SSSR count). The summed E-state index contributed by atoms with van der Waals surface area (Å²) >= 11 is 0. The van der Waals surface area contributed by atoms with E-state index in [0.29, 0.717) is 6.04 Å². The molecule has 0 amide bonds. The average molecular weight is 271 g/mol. The van der Waals surface area contributed by atoms with Gasteiger partial charge in [0.1, 0.15) is 0 Å². The molecule has 3 heteroatoms. The molecule has 2 aromatic rings. The lowest BCUT2D eigenvalue weighted by atomic mass is 10.1. The van der Waals surface area contributed by atoms with E-state index in [-0.39, 0.29) is 6.04 Å². The quantitative estimate of drug-likeness (QED) is 0.903. The lowest BCUT2D eigenvalue weighted by Crippen LogP contribution is -2.32. The maximum atomic E-state index is 4.74. The lowest BCUT2D eigenvalue weighted by Gasteiger charge is -2.22. The van der Waals surface area contributed by atoms with Gasteiger partial charge < -0.3 is 5.32 Å². The summed E-state index contributed by atoms with van der Waals surface area (Å²) in [5.74, 6) is 0. The molecule has 0 spiro atoms. The van der Waals surface area contributed by atoms with Gasteiger partial charge >= 0.3 is 0 Å². The van der Waals surface area contributed by atoms with Crippen molar-refractivity contribution in [2.45, 2.75) is 46.7 Å². The average Bonchev–Trinajstić information content (AvgIpc) is 2.68. The van der Waals surface area contributed by atoms with Gasteiger partial charge in [0.15, 0.2) is 0 Å². The Bertz CT molecular complexity index is 555. The molecule has 1 unspecified atom stereocenters. The van der Waals surface area contributed by atoms with E-state index in [9.17, 15) is 0 Å². The molecule has 1 N–H and O–H groups in total. The molecule has 0 bridgehead atoms. The summed E-state index contributed by atoms with van der Waals surface area (Å²) in [5, 5.41) is 8.28. The molecule has 0 aliphatic carbocycles. The third-order valence-electron chi connectivity index (χ3n) is 3.89. The first kappa shape index (κ1) is 14.8. The largest absolute Gasteiger partial charge is 0.312 e. The van der Waals surface area contributed by atoms with E-state index in [4.69, 9.17) is 5.10 Å². The predicted octanol–water partition coefficient (Wildman–Crippen LogP) is 3.40. The SMILES string of the molecule is Cc1nn(C(CNC(C)C)c2ccccc2)c(C)c1C. The van der Waals surface area contributed by atoms with Crippen molar-refractivity contribution in [2.75, 3.05) is 6.54 Å². The second-order valence-electron chi connectivity index (χ2n) is 5.73. The Kier molecular flexibility index (Phi) is 4.61. The van der Waals surface area contributed by atoms with Crippen LogP contribution in [0, 0.1) is 20.8 Å². The molecule has 0 saturated heterocycles. The first-order valence-electron chi connectivity index (χ1n) is 7.31. The summed E-state index contributed by atoms with van der Waals surface area (Å²) in [5.41, 5.74) is 4.96. The number of nitrogens with zero attached hydrogens (tertiary/aromatic N) is 2. The van der Waals surface area contributed by atoms with E-state index in [0.717, 1.165) is 12.2 Å². The molecule has 1 atom stereocenters. The van der Waals surface area contributed by atoms with E-state index in [1.165, 1.54) is 16.8 Å². The molecule has 0 radical (unpaired) electrons. The van der Waals surface area contributed by atoms with E-state index >= 15 is 0 Å². The Morgan fingerprint density at radius 1 is 1.10 bits per heavy atom. The highest BCUT2D eigenvalue weighted by molar-refractivity contribution is 5.27. The van der Waals surface area contributed by atoms with Crippen LogP contribution in [0.4, 0.5) is 0 Å². The minimum absolute atomic E-state index is 0.242. The van der Waals surface area contributed by atoms with E-state index in [2.05, 4.69) is 74.9 Å². The van der Waals surface area contributed by atoms with Gasteiger partial charge in [-0.15, -0.1) is 0 Å². The van der Waals surface area contributed by atoms with E-state index < -0.39 is 0 Å². The zero-order valence-electron chi connectivity index (χ0n) is 13.1. The highest BCUT2D eigenvalue weighted by Gasteiger charge is 2.18. The van der Waals surface area contributed by atoms with Gasteiger partial charge in [-0.05, 0) is 31.9 Å². The highest BCUT2D eigenvalue weighted by atomic mass is 15.3. The van der Waals surface area contributed by atoms with Crippen LogP contribution in [-0.2, 0) is 0 Å².